The number of benzene rings is 2. The molecule has 2 atom stereocenters. The van der Waals surface area contributed by atoms with Crippen molar-refractivity contribution in [2.24, 2.45) is 0 Å². The summed E-state index contributed by atoms with van der Waals surface area (Å²) in [6.45, 7) is 15.8. The molecule has 2 unspecified atom stereocenters. The van der Waals surface area contributed by atoms with Gasteiger partial charge in [0, 0.05) is 13.0 Å². The molecule has 224 valence electrons. The third kappa shape index (κ3) is 10.9. The Kier molecular flexibility index (Phi) is 11.5. The lowest BCUT2D eigenvalue weighted by molar-refractivity contribution is -0.159. The van der Waals surface area contributed by atoms with Gasteiger partial charge in [0.1, 0.15) is 29.8 Å². The van der Waals surface area contributed by atoms with Crippen LogP contribution in [0.5, 0.6) is 0 Å². The Morgan fingerprint density at radius 2 is 1.49 bits per heavy atom. The van der Waals surface area contributed by atoms with Crippen LogP contribution in [0.1, 0.15) is 76.8 Å². The summed E-state index contributed by atoms with van der Waals surface area (Å²) in [4.78, 5) is 54.3. The largest absolute Gasteiger partial charge is 0.458 e. The predicted octanol–water partition coefficient (Wildman–Crippen LogP) is 4.79. The Labute approximate surface area is 244 Å². The molecule has 9 heteroatoms. The van der Waals surface area contributed by atoms with Crippen molar-refractivity contribution >= 4 is 23.9 Å². The maximum Gasteiger partial charge on any atom is 0.408 e. The van der Waals surface area contributed by atoms with Crippen molar-refractivity contribution in [2.45, 2.75) is 92.0 Å². The topological polar surface area (TPSA) is 114 Å². The summed E-state index contributed by atoms with van der Waals surface area (Å²) in [5.41, 5.74) is 1.78. The first-order chi connectivity index (χ1) is 19.0. The van der Waals surface area contributed by atoms with Gasteiger partial charge in [0.15, 0.2) is 0 Å². The molecule has 2 aromatic carbocycles. The maximum atomic E-state index is 14.1. The van der Waals surface area contributed by atoms with E-state index >= 15 is 0 Å². The van der Waals surface area contributed by atoms with Crippen LogP contribution in [0.3, 0.4) is 0 Å². The zero-order valence-electron chi connectivity index (χ0n) is 25.8. The first kappa shape index (κ1) is 33.3. The third-order valence-corrected chi connectivity index (χ3v) is 6.01. The number of amides is 3. The predicted molar refractivity (Wildman–Crippen MR) is 158 cm³/mol. The molecule has 0 spiro atoms. The molecule has 0 saturated carbocycles. The molecule has 0 fully saturated rings. The zero-order valence-corrected chi connectivity index (χ0v) is 25.8. The number of ether oxygens (including phenoxy) is 2. The highest BCUT2D eigenvalue weighted by atomic mass is 16.6. The van der Waals surface area contributed by atoms with Crippen LogP contribution >= 0.6 is 0 Å². The van der Waals surface area contributed by atoms with Crippen molar-refractivity contribution in [3.63, 3.8) is 0 Å². The maximum absolute atomic E-state index is 14.1. The number of hydrogen-bond donors (Lipinski definition) is 2. The fourth-order valence-corrected chi connectivity index (χ4v) is 4.32. The molecule has 3 amide bonds. The molecule has 41 heavy (non-hydrogen) atoms. The Morgan fingerprint density at radius 1 is 0.878 bits per heavy atom. The molecule has 2 rings (SSSR count). The Balaban J connectivity index is 2.43. The molecule has 0 heterocycles. The number of likely N-dealkylation sites (N-methyl/N-ethyl adjacent to an activating group) is 1. The number of aryl methyl sites for hydroxylation is 2. The van der Waals surface area contributed by atoms with E-state index in [4.69, 9.17) is 9.47 Å². The molecule has 2 aromatic rings. The van der Waals surface area contributed by atoms with Gasteiger partial charge >= 0.3 is 12.1 Å². The summed E-state index contributed by atoms with van der Waals surface area (Å²) in [5, 5.41) is 5.36. The lowest BCUT2D eigenvalue weighted by Gasteiger charge is -2.33. The van der Waals surface area contributed by atoms with Gasteiger partial charge in [0.25, 0.3) is 0 Å². The van der Waals surface area contributed by atoms with Gasteiger partial charge in [-0.05, 0) is 79.0 Å². The van der Waals surface area contributed by atoms with E-state index < -0.39 is 47.2 Å². The second kappa shape index (κ2) is 14.1. The first-order valence-electron chi connectivity index (χ1n) is 13.9. The normalized spacial score (nSPS) is 13.0. The smallest absolute Gasteiger partial charge is 0.408 e. The van der Waals surface area contributed by atoms with Crippen molar-refractivity contribution in [2.75, 3.05) is 13.1 Å². The molecule has 0 bridgehead atoms. The number of carbonyl (C=O) groups is 4. The monoisotopic (exact) mass is 567 g/mol. The third-order valence-electron chi connectivity index (χ3n) is 6.01. The van der Waals surface area contributed by atoms with E-state index in [1.165, 1.54) is 4.90 Å². The minimum absolute atomic E-state index is 0.177. The zero-order chi connectivity index (χ0) is 31.0. The molecule has 2 N–H and O–H groups in total. The van der Waals surface area contributed by atoms with Gasteiger partial charge in [-0.3, -0.25) is 9.59 Å². The van der Waals surface area contributed by atoms with Crippen molar-refractivity contribution in [1.82, 2.24) is 15.5 Å². The highest BCUT2D eigenvalue weighted by molar-refractivity contribution is 5.93. The second-order valence-electron chi connectivity index (χ2n) is 12.1. The van der Waals surface area contributed by atoms with E-state index in [1.807, 2.05) is 62.4 Å². The van der Waals surface area contributed by atoms with Crippen LogP contribution in [-0.2, 0) is 30.3 Å². The van der Waals surface area contributed by atoms with Crippen LogP contribution in [0.4, 0.5) is 4.79 Å². The van der Waals surface area contributed by atoms with E-state index in [0.717, 1.165) is 16.7 Å². The van der Waals surface area contributed by atoms with E-state index in [9.17, 15) is 19.2 Å². The molecule has 0 saturated heterocycles. The number of nitrogens with zero attached hydrogens (tertiary/aromatic N) is 1. The van der Waals surface area contributed by atoms with Gasteiger partial charge in [-0.15, -0.1) is 0 Å². The lowest BCUT2D eigenvalue weighted by Crippen LogP contribution is -2.52. The van der Waals surface area contributed by atoms with Crippen LogP contribution in [-0.4, -0.2) is 59.1 Å². The molecule has 0 aliphatic carbocycles. The highest BCUT2D eigenvalue weighted by Crippen LogP contribution is 2.26. The standard InChI is InChI=1S/C32H45N3O6/c1-10-35(26(36)20-33-30(39)41-32(7,8)9)27(24-17-16-21(2)18-22(24)3)28(37)34-25(29(38)40-31(4,5)6)19-23-14-12-11-13-15-23/h11-18,25,27H,10,19-20H2,1-9H3,(H,33,39)(H,34,37). The summed E-state index contributed by atoms with van der Waals surface area (Å²) < 4.78 is 10.9. The molecule has 0 radical (unpaired) electrons. The molecule has 0 aliphatic rings. The number of hydrogen-bond acceptors (Lipinski definition) is 6. The molecular formula is C32H45N3O6. The average molecular weight is 568 g/mol. The van der Waals surface area contributed by atoms with E-state index in [0.29, 0.717) is 5.56 Å². The van der Waals surface area contributed by atoms with Gasteiger partial charge in [-0.2, -0.15) is 0 Å². The SMILES string of the molecule is CCN(C(=O)CNC(=O)OC(C)(C)C)C(C(=O)NC(Cc1ccccc1)C(=O)OC(C)(C)C)c1ccc(C)cc1C. The van der Waals surface area contributed by atoms with Crippen LogP contribution in [0.15, 0.2) is 48.5 Å². The number of esters is 1. The van der Waals surface area contributed by atoms with Crippen LogP contribution in [0, 0.1) is 13.8 Å². The van der Waals surface area contributed by atoms with Crippen LogP contribution in [0.2, 0.25) is 0 Å². The average Bonchev–Trinajstić information content (AvgIpc) is 2.84. The van der Waals surface area contributed by atoms with Gasteiger partial charge in [0.2, 0.25) is 11.8 Å². The van der Waals surface area contributed by atoms with Crippen molar-refractivity contribution in [3.8, 4) is 0 Å². The van der Waals surface area contributed by atoms with Crippen LogP contribution < -0.4 is 10.6 Å². The molecule has 9 nitrogen and oxygen atoms in total. The Bertz CT molecular complexity index is 1210. The quantitative estimate of drug-likeness (QED) is 0.399. The van der Waals surface area contributed by atoms with Crippen molar-refractivity contribution < 1.29 is 28.7 Å². The number of carbonyl (C=O) groups excluding carboxylic acids is 4. The Hall–Kier alpha value is -3.88. The van der Waals surface area contributed by atoms with Crippen molar-refractivity contribution in [3.05, 3.63) is 70.8 Å². The van der Waals surface area contributed by atoms with Gasteiger partial charge < -0.3 is 25.0 Å². The van der Waals surface area contributed by atoms with E-state index in [-0.39, 0.29) is 19.5 Å². The Morgan fingerprint density at radius 3 is 2.02 bits per heavy atom. The highest BCUT2D eigenvalue weighted by Gasteiger charge is 2.35. The number of alkyl carbamates (subject to hydrolysis) is 1. The fourth-order valence-electron chi connectivity index (χ4n) is 4.32. The van der Waals surface area contributed by atoms with Gasteiger partial charge in [-0.1, -0.05) is 54.1 Å². The van der Waals surface area contributed by atoms with Crippen LogP contribution in [0.25, 0.3) is 0 Å². The van der Waals surface area contributed by atoms with E-state index in [1.54, 1.807) is 48.5 Å². The van der Waals surface area contributed by atoms with E-state index in [2.05, 4.69) is 10.6 Å². The van der Waals surface area contributed by atoms with Gasteiger partial charge in [0.05, 0.1) is 0 Å². The minimum Gasteiger partial charge on any atom is -0.458 e. The molecule has 0 aliphatic heterocycles. The van der Waals surface area contributed by atoms with Crippen molar-refractivity contribution in [1.29, 1.82) is 0 Å². The lowest BCUT2D eigenvalue weighted by atomic mass is 9.96. The second-order valence-corrected chi connectivity index (χ2v) is 12.1. The number of rotatable bonds is 10. The first-order valence-corrected chi connectivity index (χ1v) is 13.9. The summed E-state index contributed by atoms with van der Waals surface area (Å²) in [5.74, 6) is -1.58. The molecule has 0 aromatic heterocycles. The minimum atomic E-state index is -1.06. The van der Waals surface area contributed by atoms with Gasteiger partial charge in [-0.25, -0.2) is 9.59 Å². The number of nitrogens with one attached hydrogen (secondary N) is 2. The molecular weight excluding hydrogens is 522 g/mol. The summed E-state index contributed by atoms with van der Waals surface area (Å²) in [6, 6.07) is 12.9. The summed E-state index contributed by atoms with van der Waals surface area (Å²) >= 11 is 0. The fraction of sp³-hybridized carbons (Fsp3) is 0.500. The summed E-state index contributed by atoms with van der Waals surface area (Å²) in [6.07, 6.45) is -0.524. The summed E-state index contributed by atoms with van der Waals surface area (Å²) in [7, 11) is 0.